The molecule has 2 atom stereocenters. The molecule has 1 N–H and O–H groups in total. The first-order valence-corrected chi connectivity index (χ1v) is 7.60. The zero-order valence-corrected chi connectivity index (χ0v) is 13.1. The van der Waals surface area contributed by atoms with E-state index in [-0.39, 0.29) is 12.1 Å². The SMILES string of the molecule is CCCNC(c1ccc(F)cc1F)C1CN(C)CCN1C. The van der Waals surface area contributed by atoms with Crippen LogP contribution >= 0.6 is 0 Å². The van der Waals surface area contributed by atoms with Crippen molar-refractivity contribution in [2.45, 2.75) is 25.4 Å². The molecular formula is C16H25F2N3. The summed E-state index contributed by atoms with van der Waals surface area (Å²) in [6.45, 7) is 5.74. The molecule has 1 aromatic rings. The average Bonchev–Trinajstić information content (AvgIpc) is 2.44. The van der Waals surface area contributed by atoms with Crippen molar-refractivity contribution in [2.75, 3.05) is 40.3 Å². The maximum absolute atomic E-state index is 14.2. The highest BCUT2D eigenvalue weighted by atomic mass is 19.1. The minimum atomic E-state index is -0.528. The second kappa shape index (κ2) is 7.29. The Kier molecular flexibility index (Phi) is 5.67. The number of nitrogens with one attached hydrogen (secondary N) is 1. The topological polar surface area (TPSA) is 18.5 Å². The molecule has 2 rings (SSSR count). The van der Waals surface area contributed by atoms with Gasteiger partial charge in [0.15, 0.2) is 0 Å². The monoisotopic (exact) mass is 297 g/mol. The van der Waals surface area contributed by atoms with E-state index >= 15 is 0 Å². The third-order valence-electron chi connectivity index (χ3n) is 4.20. The second-order valence-electron chi connectivity index (χ2n) is 5.91. The lowest BCUT2D eigenvalue weighted by molar-refractivity contribution is 0.0866. The number of hydrogen-bond donors (Lipinski definition) is 1. The molecule has 0 amide bonds. The maximum atomic E-state index is 14.2. The van der Waals surface area contributed by atoms with Crippen LogP contribution in [0.5, 0.6) is 0 Å². The van der Waals surface area contributed by atoms with Crippen LogP contribution in [0.2, 0.25) is 0 Å². The van der Waals surface area contributed by atoms with Crippen molar-refractivity contribution < 1.29 is 8.78 Å². The number of benzene rings is 1. The Labute approximate surface area is 125 Å². The van der Waals surface area contributed by atoms with Crippen LogP contribution in [0.15, 0.2) is 18.2 Å². The number of likely N-dealkylation sites (N-methyl/N-ethyl adjacent to an activating group) is 2. The molecular weight excluding hydrogens is 272 g/mol. The Bertz CT molecular complexity index is 467. The largest absolute Gasteiger partial charge is 0.309 e. The zero-order valence-electron chi connectivity index (χ0n) is 13.1. The van der Waals surface area contributed by atoms with Crippen LogP contribution in [0, 0.1) is 11.6 Å². The first kappa shape index (κ1) is 16.3. The first-order valence-electron chi connectivity index (χ1n) is 7.60. The lowest BCUT2D eigenvalue weighted by Crippen LogP contribution is -2.55. The summed E-state index contributed by atoms with van der Waals surface area (Å²) in [5.74, 6) is -0.996. The van der Waals surface area contributed by atoms with Crippen LogP contribution in [0.4, 0.5) is 8.78 Å². The number of rotatable bonds is 5. The molecule has 1 aliphatic heterocycles. The quantitative estimate of drug-likeness (QED) is 0.899. The van der Waals surface area contributed by atoms with E-state index in [1.54, 1.807) is 6.07 Å². The number of halogens is 2. The summed E-state index contributed by atoms with van der Waals surface area (Å²) in [6, 6.07) is 3.93. The highest BCUT2D eigenvalue weighted by Gasteiger charge is 2.32. The van der Waals surface area contributed by atoms with Crippen LogP contribution in [0.3, 0.4) is 0 Å². The Morgan fingerprint density at radius 1 is 1.29 bits per heavy atom. The van der Waals surface area contributed by atoms with E-state index < -0.39 is 11.6 Å². The highest BCUT2D eigenvalue weighted by molar-refractivity contribution is 5.24. The summed E-state index contributed by atoms with van der Waals surface area (Å²) >= 11 is 0. The smallest absolute Gasteiger partial charge is 0.130 e. The maximum Gasteiger partial charge on any atom is 0.130 e. The third-order valence-corrected chi connectivity index (χ3v) is 4.20. The van der Waals surface area contributed by atoms with Gasteiger partial charge in [-0.2, -0.15) is 0 Å². The van der Waals surface area contributed by atoms with Crippen molar-refractivity contribution in [1.82, 2.24) is 15.1 Å². The van der Waals surface area contributed by atoms with E-state index in [0.29, 0.717) is 5.56 Å². The van der Waals surface area contributed by atoms with E-state index in [0.717, 1.165) is 38.7 Å². The van der Waals surface area contributed by atoms with Gasteiger partial charge in [-0.05, 0) is 33.1 Å². The Balaban J connectivity index is 2.28. The van der Waals surface area contributed by atoms with Gasteiger partial charge in [0.05, 0.1) is 6.04 Å². The molecule has 1 saturated heterocycles. The van der Waals surface area contributed by atoms with Gasteiger partial charge in [-0.3, -0.25) is 4.90 Å². The molecule has 0 radical (unpaired) electrons. The lowest BCUT2D eigenvalue weighted by Gasteiger charge is -2.42. The summed E-state index contributed by atoms with van der Waals surface area (Å²) in [7, 11) is 4.15. The molecule has 1 aromatic carbocycles. The van der Waals surface area contributed by atoms with Gasteiger partial charge < -0.3 is 10.2 Å². The van der Waals surface area contributed by atoms with Crippen LogP contribution in [0.25, 0.3) is 0 Å². The van der Waals surface area contributed by atoms with E-state index in [9.17, 15) is 8.78 Å². The molecule has 3 nitrogen and oxygen atoms in total. The standard InChI is InChI=1S/C16H25F2N3/c1-4-7-19-16(13-6-5-12(17)10-14(13)18)15-11-20(2)8-9-21(15)3/h5-6,10,15-16,19H,4,7-9,11H2,1-3H3. The van der Waals surface area contributed by atoms with Crippen molar-refractivity contribution in [3.05, 3.63) is 35.4 Å². The van der Waals surface area contributed by atoms with Crippen LogP contribution in [-0.4, -0.2) is 56.1 Å². The Hall–Kier alpha value is -1.04. The number of nitrogens with zero attached hydrogens (tertiary/aromatic N) is 2. The summed E-state index contributed by atoms with van der Waals surface area (Å²) in [6.07, 6.45) is 0.978. The van der Waals surface area contributed by atoms with E-state index in [2.05, 4.69) is 36.1 Å². The molecule has 0 saturated carbocycles. The molecule has 0 aliphatic carbocycles. The van der Waals surface area contributed by atoms with Gasteiger partial charge in [0.1, 0.15) is 11.6 Å². The van der Waals surface area contributed by atoms with Crippen molar-refractivity contribution in [2.24, 2.45) is 0 Å². The fourth-order valence-corrected chi connectivity index (χ4v) is 2.91. The van der Waals surface area contributed by atoms with Gasteiger partial charge in [-0.25, -0.2) is 8.78 Å². The summed E-state index contributed by atoms with van der Waals surface area (Å²) in [4.78, 5) is 4.52. The van der Waals surface area contributed by atoms with Crippen molar-refractivity contribution >= 4 is 0 Å². The molecule has 0 spiro atoms. The summed E-state index contributed by atoms with van der Waals surface area (Å²) < 4.78 is 27.4. The average molecular weight is 297 g/mol. The molecule has 5 heteroatoms. The summed E-state index contributed by atoms with van der Waals surface area (Å²) in [5, 5.41) is 3.44. The van der Waals surface area contributed by atoms with Gasteiger partial charge in [0, 0.05) is 37.3 Å². The van der Waals surface area contributed by atoms with Crippen LogP contribution in [-0.2, 0) is 0 Å². The fourth-order valence-electron chi connectivity index (χ4n) is 2.91. The number of hydrogen-bond acceptors (Lipinski definition) is 3. The van der Waals surface area contributed by atoms with Gasteiger partial charge in [-0.1, -0.05) is 13.0 Å². The Morgan fingerprint density at radius 3 is 2.71 bits per heavy atom. The highest BCUT2D eigenvalue weighted by Crippen LogP contribution is 2.26. The fraction of sp³-hybridized carbons (Fsp3) is 0.625. The van der Waals surface area contributed by atoms with Gasteiger partial charge in [0.25, 0.3) is 0 Å². The summed E-state index contributed by atoms with van der Waals surface area (Å²) in [5.41, 5.74) is 0.553. The second-order valence-corrected chi connectivity index (χ2v) is 5.91. The van der Waals surface area contributed by atoms with Gasteiger partial charge in [0.2, 0.25) is 0 Å². The molecule has 118 valence electrons. The molecule has 1 aliphatic rings. The lowest BCUT2D eigenvalue weighted by atomic mass is 9.95. The normalized spacial score (nSPS) is 22.4. The van der Waals surface area contributed by atoms with Crippen molar-refractivity contribution in [3.63, 3.8) is 0 Å². The van der Waals surface area contributed by atoms with E-state index in [4.69, 9.17) is 0 Å². The molecule has 1 heterocycles. The minimum absolute atomic E-state index is 0.127. The predicted molar refractivity (Wildman–Crippen MR) is 81.3 cm³/mol. The van der Waals surface area contributed by atoms with E-state index in [1.807, 2.05) is 0 Å². The van der Waals surface area contributed by atoms with Crippen molar-refractivity contribution in [1.29, 1.82) is 0 Å². The van der Waals surface area contributed by atoms with Crippen LogP contribution in [0.1, 0.15) is 24.9 Å². The van der Waals surface area contributed by atoms with Crippen molar-refractivity contribution in [3.8, 4) is 0 Å². The molecule has 21 heavy (non-hydrogen) atoms. The Morgan fingerprint density at radius 2 is 2.05 bits per heavy atom. The third kappa shape index (κ3) is 3.99. The zero-order chi connectivity index (χ0) is 15.4. The molecule has 2 unspecified atom stereocenters. The first-order chi connectivity index (χ1) is 10.0. The molecule has 1 fully saturated rings. The van der Waals surface area contributed by atoms with Crippen LogP contribution < -0.4 is 5.32 Å². The molecule has 0 bridgehead atoms. The predicted octanol–water partition coefficient (Wildman–Crippen LogP) is 2.25. The number of piperazine rings is 1. The van der Waals surface area contributed by atoms with E-state index in [1.165, 1.54) is 6.07 Å². The van der Waals surface area contributed by atoms with Gasteiger partial charge >= 0.3 is 0 Å². The van der Waals surface area contributed by atoms with Gasteiger partial charge in [-0.15, -0.1) is 0 Å². The minimum Gasteiger partial charge on any atom is -0.309 e. The molecule has 0 aromatic heterocycles.